The van der Waals surface area contributed by atoms with Gasteiger partial charge in [0.25, 0.3) is 0 Å². The standard InChI is InChI=1S/C25H28Cl2N4O3/c1-3-34-24(32)22-20(28-25(33)29-23(22)17-5-8-18(26)9-6-17)15-30-10-12-31(13-11-30)21-14-19(27)7-4-16(21)2/h4-9,14,23H,3,10-13,15H2,1-2H3,(H2,28,29,33). The van der Waals surface area contributed by atoms with Crippen LogP contribution in [-0.4, -0.2) is 56.2 Å². The number of piperazine rings is 1. The lowest BCUT2D eigenvalue weighted by Crippen LogP contribution is -2.52. The predicted molar refractivity (Wildman–Crippen MR) is 134 cm³/mol. The molecule has 2 aliphatic heterocycles. The molecule has 0 aromatic heterocycles. The van der Waals surface area contributed by atoms with Gasteiger partial charge in [-0.05, 0) is 49.2 Å². The summed E-state index contributed by atoms with van der Waals surface area (Å²) in [4.78, 5) is 30.0. The van der Waals surface area contributed by atoms with E-state index in [9.17, 15) is 9.59 Å². The van der Waals surface area contributed by atoms with Gasteiger partial charge in [0.15, 0.2) is 0 Å². The lowest BCUT2D eigenvalue weighted by Gasteiger charge is -2.38. The Morgan fingerprint density at radius 1 is 1.06 bits per heavy atom. The van der Waals surface area contributed by atoms with E-state index >= 15 is 0 Å². The number of anilines is 1. The summed E-state index contributed by atoms with van der Waals surface area (Å²) in [5.74, 6) is -0.446. The molecule has 2 aliphatic rings. The molecule has 34 heavy (non-hydrogen) atoms. The number of urea groups is 1. The highest BCUT2D eigenvalue weighted by molar-refractivity contribution is 6.31. The number of ether oxygens (including phenoxy) is 1. The van der Waals surface area contributed by atoms with E-state index in [0.717, 1.165) is 42.5 Å². The first-order valence-corrected chi connectivity index (χ1v) is 12.1. The smallest absolute Gasteiger partial charge is 0.338 e. The van der Waals surface area contributed by atoms with Crippen LogP contribution in [0.2, 0.25) is 10.0 Å². The normalized spacial score (nSPS) is 19.0. The van der Waals surface area contributed by atoms with Gasteiger partial charge in [0, 0.05) is 54.2 Å². The summed E-state index contributed by atoms with van der Waals surface area (Å²) in [5, 5.41) is 7.01. The van der Waals surface area contributed by atoms with Crippen molar-refractivity contribution in [3.63, 3.8) is 0 Å². The second-order valence-electron chi connectivity index (χ2n) is 8.39. The minimum atomic E-state index is -0.615. The Morgan fingerprint density at radius 2 is 1.74 bits per heavy atom. The maximum atomic E-state index is 13.0. The van der Waals surface area contributed by atoms with Crippen LogP contribution in [0.5, 0.6) is 0 Å². The number of carbonyl (C=O) groups excluding carboxylic acids is 2. The molecular formula is C25H28Cl2N4O3. The number of amides is 2. The van der Waals surface area contributed by atoms with Crippen molar-refractivity contribution in [3.05, 3.63) is 74.9 Å². The van der Waals surface area contributed by atoms with Crippen molar-refractivity contribution in [3.8, 4) is 0 Å². The summed E-state index contributed by atoms with van der Waals surface area (Å²) >= 11 is 12.2. The summed E-state index contributed by atoms with van der Waals surface area (Å²) < 4.78 is 5.36. The molecule has 1 unspecified atom stereocenters. The topological polar surface area (TPSA) is 73.9 Å². The highest BCUT2D eigenvalue weighted by atomic mass is 35.5. The summed E-state index contributed by atoms with van der Waals surface area (Å²) in [6, 6.07) is 12.1. The quantitative estimate of drug-likeness (QED) is 0.576. The number of rotatable bonds is 6. The van der Waals surface area contributed by atoms with Gasteiger partial charge in [-0.2, -0.15) is 0 Å². The molecule has 0 saturated carbocycles. The molecule has 9 heteroatoms. The summed E-state index contributed by atoms with van der Waals surface area (Å²) in [7, 11) is 0. The zero-order chi connectivity index (χ0) is 24.2. The number of esters is 1. The molecule has 0 spiro atoms. The molecule has 1 saturated heterocycles. The Labute approximate surface area is 209 Å². The van der Waals surface area contributed by atoms with Crippen LogP contribution in [0.3, 0.4) is 0 Å². The van der Waals surface area contributed by atoms with Crippen molar-refractivity contribution in [1.82, 2.24) is 15.5 Å². The van der Waals surface area contributed by atoms with E-state index in [0.29, 0.717) is 22.8 Å². The van der Waals surface area contributed by atoms with Crippen LogP contribution < -0.4 is 15.5 Å². The molecule has 0 aliphatic carbocycles. The fraction of sp³-hybridized carbons (Fsp3) is 0.360. The van der Waals surface area contributed by atoms with Crippen LogP contribution in [0.4, 0.5) is 10.5 Å². The number of hydrogen-bond donors (Lipinski definition) is 2. The Morgan fingerprint density at radius 3 is 2.41 bits per heavy atom. The molecule has 2 aromatic carbocycles. The first-order chi connectivity index (χ1) is 16.4. The van der Waals surface area contributed by atoms with Gasteiger partial charge in [-0.25, -0.2) is 9.59 Å². The summed E-state index contributed by atoms with van der Waals surface area (Å²) in [6.07, 6.45) is 0. The lowest BCUT2D eigenvalue weighted by atomic mass is 9.95. The third-order valence-electron chi connectivity index (χ3n) is 6.12. The van der Waals surface area contributed by atoms with Crippen LogP contribution in [0, 0.1) is 6.92 Å². The third-order valence-corrected chi connectivity index (χ3v) is 6.61. The average molecular weight is 503 g/mol. The Hall–Kier alpha value is -2.74. The maximum Gasteiger partial charge on any atom is 0.338 e. The van der Waals surface area contributed by atoms with E-state index in [-0.39, 0.29) is 12.6 Å². The van der Waals surface area contributed by atoms with Gasteiger partial charge in [0.1, 0.15) is 0 Å². The molecule has 2 aromatic rings. The Bertz CT molecular complexity index is 1100. The van der Waals surface area contributed by atoms with Gasteiger partial charge < -0.3 is 20.3 Å². The molecule has 7 nitrogen and oxygen atoms in total. The SMILES string of the molecule is CCOC(=O)C1=C(CN2CCN(c3cc(Cl)ccc3C)CC2)NC(=O)NC1c1ccc(Cl)cc1. The van der Waals surface area contributed by atoms with Crippen LogP contribution in [0.15, 0.2) is 53.7 Å². The van der Waals surface area contributed by atoms with Gasteiger partial charge >= 0.3 is 12.0 Å². The monoisotopic (exact) mass is 502 g/mol. The third kappa shape index (κ3) is 5.49. The van der Waals surface area contributed by atoms with E-state index in [1.54, 1.807) is 19.1 Å². The van der Waals surface area contributed by atoms with Crippen molar-refractivity contribution in [1.29, 1.82) is 0 Å². The number of carbonyl (C=O) groups is 2. The van der Waals surface area contributed by atoms with Crippen LogP contribution in [-0.2, 0) is 9.53 Å². The Kier molecular flexibility index (Phi) is 7.66. The first kappa shape index (κ1) is 24.4. The molecule has 180 valence electrons. The first-order valence-electron chi connectivity index (χ1n) is 11.3. The van der Waals surface area contributed by atoms with Gasteiger partial charge in [0.2, 0.25) is 0 Å². The van der Waals surface area contributed by atoms with E-state index in [2.05, 4.69) is 27.4 Å². The van der Waals surface area contributed by atoms with Crippen LogP contribution in [0.25, 0.3) is 0 Å². The largest absolute Gasteiger partial charge is 0.463 e. The molecule has 0 bridgehead atoms. The van der Waals surface area contributed by atoms with E-state index in [1.807, 2.05) is 30.3 Å². The zero-order valence-corrected chi connectivity index (χ0v) is 20.7. The highest BCUT2D eigenvalue weighted by Gasteiger charge is 2.34. The number of hydrogen-bond acceptors (Lipinski definition) is 5. The minimum Gasteiger partial charge on any atom is -0.463 e. The lowest BCUT2D eigenvalue weighted by molar-refractivity contribution is -0.139. The average Bonchev–Trinajstić information content (AvgIpc) is 2.81. The number of halogens is 2. The maximum absolute atomic E-state index is 13.0. The van der Waals surface area contributed by atoms with Crippen molar-refractivity contribution >= 4 is 40.9 Å². The van der Waals surface area contributed by atoms with Crippen molar-refractivity contribution in [2.24, 2.45) is 0 Å². The number of aryl methyl sites for hydroxylation is 1. The molecule has 1 fully saturated rings. The molecule has 1 atom stereocenters. The van der Waals surface area contributed by atoms with E-state index in [4.69, 9.17) is 27.9 Å². The van der Waals surface area contributed by atoms with Crippen LogP contribution >= 0.6 is 23.2 Å². The van der Waals surface area contributed by atoms with Gasteiger partial charge in [0.05, 0.1) is 18.2 Å². The van der Waals surface area contributed by atoms with Gasteiger partial charge in [-0.1, -0.05) is 41.4 Å². The molecule has 2 N–H and O–H groups in total. The van der Waals surface area contributed by atoms with E-state index < -0.39 is 12.0 Å². The number of nitrogens with zero attached hydrogens (tertiary/aromatic N) is 2. The molecular weight excluding hydrogens is 475 g/mol. The fourth-order valence-electron chi connectivity index (χ4n) is 4.39. The van der Waals surface area contributed by atoms with Gasteiger partial charge in [-0.3, -0.25) is 4.90 Å². The second kappa shape index (κ2) is 10.7. The van der Waals surface area contributed by atoms with Crippen molar-refractivity contribution < 1.29 is 14.3 Å². The number of nitrogens with one attached hydrogen (secondary N) is 2. The van der Waals surface area contributed by atoms with Gasteiger partial charge in [-0.15, -0.1) is 0 Å². The summed E-state index contributed by atoms with van der Waals surface area (Å²) in [5.41, 5.74) is 4.06. The van der Waals surface area contributed by atoms with Crippen LogP contribution in [0.1, 0.15) is 24.1 Å². The van der Waals surface area contributed by atoms with Crippen molar-refractivity contribution in [2.45, 2.75) is 19.9 Å². The Balaban J connectivity index is 1.56. The molecule has 4 rings (SSSR count). The van der Waals surface area contributed by atoms with E-state index in [1.165, 1.54) is 5.56 Å². The molecule has 0 radical (unpaired) electrons. The van der Waals surface area contributed by atoms with Crippen molar-refractivity contribution in [2.75, 3.05) is 44.2 Å². The molecule has 2 amide bonds. The molecule has 2 heterocycles. The zero-order valence-electron chi connectivity index (χ0n) is 19.2. The number of benzene rings is 2. The minimum absolute atomic E-state index is 0.245. The summed E-state index contributed by atoms with van der Waals surface area (Å²) in [6.45, 7) is 7.72. The second-order valence-corrected chi connectivity index (χ2v) is 9.26. The highest BCUT2D eigenvalue weighted by Crippen LogP contribution is 2.30. The predicted octanol–water partition coefficient (Wildman–Crippen LogP) is 4.30. The fourth-order valence-corrected chi connectivity index (χ4v) is 4.68.